The molecular formula is C15H16ClN3O3S. The molecule has 122 valence electrons. The molecule has 2 aromatic rings. The molecule has 0 aliphatic rings. The minimum atomic E-state index is -3.66. The molecule has 0 atom stereocenters. The number of rotatable bonds is 5. The van der Waals surface area contributed by atoms with Gasteiger partial charge >= 0.3 is 0 Å². The zero-order chi connectivity index (χ0) is 17.0. The van der Waals surface area contributed by atoms with E-state index in [1.54, 1.807) is 26.0 Å². The van der Waals surface area contributed by atoms with Crippen molar-refractivity contribution in [1.82, 2.24) is 9.71 Å². The Morgan fingerprint density at radius 1 is 1.22 bits per heavy atom. The molecule has 0 bridgehead atoms. The first-order valence-corrected chi connectivity index (χ1v) is 8.69. The van der Waals surface area contributed by atoms with Crippen molar-refractivity contribution < 1.29 is 13.2 Å². The van der Waals surface area contributed by atoms with Crippen molar-refractivity contribution >= 4 is 33.3 Å². The quantitative estimate of drug-likeness (QED) is 0.865. The number of carbonyl (C=O) groups is 1. The second kappa shape index (κ2) is 7.08. The van der Waals surface area contributed by atoms with Gasteiger partial charge in [0.15, 0.2) is 0 Å². The number of pyridine rings is 1. The summed E-state index contributed by atoms with van der Waals surface area (Å²) in [5.74, 6) is -0.130. The number of nitrogens with zero attached hydrogens (tertiary/aromatic N) is 1. The van der Waals surface area contributed by atoms with Gasteiger partial charge < -0.3 is 5.32 Å². The maximum atomic E-state index is 12.2. The Bertz CT molecular complexity index is 805. The van der Waals surface area contributed by atoms with Gasteiger partial charge in [0.05, 0.1) is 9.92 Å². The van der Waals surface area contributed by atoms with Crippen LogP contribution in [0.4, 0.5) is 5.82 Å². The van der Waals surface area contributed by atoms with Crippen molar-refractivity contribution in [2.45, 2.75) is 24.8 Å². The van der Waals surface area contributed by atoms with Crippen molar-refractivity contribution in [2.24, 2.45) is 0 Å². The Hall–Kier alpha value is -1.96. The van der Waals surface area contributed by atoms with E-state index in [0.29, 0.717) is 10.8 Å². The normalized spacial score (nSPS) is 11.5. The SMILES string of the molecule is CC(C)NS(=O)(=O)c1cccc(C(=O)Nc2ccc(Cl)cn2)c1. The van der Waals surface area contributed by atoms with Gasteiger partial charge in [-0.2, -0.15) is 0 Å². The van der Waals surface area contributed by atoms with Crippen molar-refractivity contribution in [3.05, 3.63) is 53.2 Å². The fourth-order valence-corrected chi connectivity index (χ4v) is 3.23. The van der Waals surface area contributed by atoms with Gasteiger partial charge in [-0.05, 0) is 44.2 Å². The lowest BCUT2D eigenvalue weighted by atomic mass is 10.2. The molecule has 0 spiro atoms. The number of nitrogens with one attached hydrogen (secondary N) is 2. The average Bonchev–Trinajstić information content (AvgIpc) is 2.48. The molecule has 0 fully saturated rings. The highest BCUT2D eigenvalue weighted by Crippen LogP contribution is 2.14. The lowest BCUT2D eigenvalue weighted by Crippen LogP contribution is -2.30. The highest BCUT2D eigenvalue weighted by molar-refractivity contribution is 7.89. The topological polar surface area (TPSA) is 88.2 Å². The molecule has 0 aliphatic carbocycles. The summed E-state index contributed by atoms with van der Waals surface area (Å²) in [7, 11) is -3.66. The lowest BCUT2D eigenvalue weighted by Gasteiger charge is -2.10. The molecule has 0 radical (unpaired) electrons. The number of anilines is 1. The molecule has 2 rings (SSSR count). The fraction of sp³-hybridized carbons (Fsp3) is 0.200. The summed E-state index contributed by atoms with van der Waals surface area (Å²) in [5.41, 5.74) is 0.216. The maximum absolute atomic E-state index is 12.2. The van der Waals surface area contributed by atoms with E-state index in [1.165, 1.54) is 30.5 Å². The molecule has 8 heteroatoms. The van der Waals surface area contributed by atoms with Crippen LogP contribution in [0.5, 0.6) is 0 Å². The first-order chi connectivity index (χ1) is 10.8. The fourth-order valence-electron chi connectivity index (χ4n) is 1.82. The van der Waals surface area contributed by atoms with Crippen LogP contribution in [0.1, 0.15) is 24.2 Å². The first kappa shape index (κ1) is 17.4. The number of benzene rings is 1. The van der Waals surface area contributed by atoms with E-state index >= 15 is 0 Å². The number of sulfonamides is 1. The molecule has 0 unspecified atom stereocenters. The molecule has 23 heavy (non-hydrogen) atoms. The summed E-state index contributed by atoms with van der Waals surface area (Å²) in [6.07, 6.45) is 1.41. The molecule has 1 amide bonds. The molecular weight excluding hydrogens is 338 g/mol. The van der Waals surface area contributed by atoms with Gasteiger partial charge in [-0.15, -0.1) is 0 Å². The van der Waals surface area contributed by atoms with Gasteiger partial charge in [0.2, 0.25) is 10.0 Å². The smallest absolute Gasteiger partial charge is 0.256 e. The zero-order valence-corrected chi connectivity index (χ0v) is 14.1. The van der Waals surface area contributed by atoms with E-state index in [9.17, 15) is 13.2 Å². The number of carbonyl (C=O) groups excluding carboxylic acids is 1. The predicted molar refractivity (Wildman–Crippen MR) is 89.1 cm³/mol. The molecule has 0 saturated carbocycles. The van der Waals surface area contributed by atoms with Gasteiger partial charge in [0, 0.05) is 17.8 Å². The number of hydrogen-bond acceptors (Lipinski definition) is 4. The minimum absolute atomic E-state index is 0.0305. The summed E-state index contributed by atoms with van der Waals surface area (Å²) >= 11 is 5.73. The van der Waals surface area contributed by atoms with Gasteiger partial charge in [0.1, 0.15) is 5.82 Å². The molecule has 1 heterocycles. The number of amides is 1. The largest absolute Gasteiger partial charge is 0.307 e. The van der Waals surface area contributed by atoms with Crippen LogP contribution < -0.4 is 10.0 Å². The number of halogens is 1. The van der Waals surface area contributed by atoms with E-state index < -0.39 is 15.9 Å². The Morgan fingerprint density at radius 2 is 1.96 bits per heavy atom. The Morgan fingerprint density at radius 3 is 2.57 bits per heavy atom. The second-order valence-corrected chi connectivity index (χ2v) is 7.27. The average molecular weight is 354 g/mol. The number of hydrogen-bond donors (Lipinski definition) is 2. The molecule has 2 N–H and O–H groups in total. The van der Waals surface area contributed by atoms with E-state index in [4.69, 9.17) is 11.6 Å². The molecule has 1 aromatic carbocycles. The summed E-state index contributed by atoms with van der Waals surface area (Å²) in [6.45, 7) is 3.45. The van der Waals surface area contributed by atoms with Gasteiger partial charge in [-0.3, -0.25) is 4.79 Å². The predicted octanol–water partition coefficient (Wildman–Crippen LogP) is 2.67. The zero-order valence-electron chi connectivity index (χ0n) is 12.6. The summed E-state index contributed by atoms with van der Waals surface area (Å²) in [5, 5.41) is 3.04. The van der Waals surface area contributed by atoms with Crippen molar-refractivity contribution in [3.63, 3.8) is 0 Å². The molecule has 6 nitrogen and oxygen atoms in total. The monoisotopic (exact) mass is 353 g/mol. The van der Waals surface area contributed by atoms with E-state index in [-0.39, 0.29) is 16.5 Å². The van der Waals surface area contributed by atoms with Crippen molar-refractivity contribution in [3.8, 4) is 0 Å². The molecule has 1 aromatic heterocycles. The number of aromatic nitrogens is 1. The van der Waals surface area contributed by atoms with Crippen LogP contribution in [0, 0.1) is 0 Å². The molecule has 0 aliphatic heterocycles. The van der Waals surface area contributed by atoms with Crippen LogP contribution in [0.15, 0.2) is 47.5 Å². The van der Waals surface area contributed by atoms with E-state index in [2.05, 4.69) is 15.0 Å². The van der Waals surface area contributed by atoms with Crippen LogP contribution in [0.2, 0.25) is 5.02 Å². The van der Waals surface area contributed by atoms with Gasteiger partial charge in [-0.25, -0.2) is 18.1 Å². The third kappa shape index (κ3) is 4.75. The Balaban J connectivity index is 2.22. The van der Waals surface area contributed by atoms with Crippen LogP contribution >= 0.6 is 11.6 Å². The molecule has 0 saturated heterocycles. The third-order valence-electron chi connectivity index (χ3n) is 2.77. The lowest BCUT2D eigenvalue weighted by molar-refractivity contribution is 0.102. The first-order valence-electron chi connectivity index (χ1n) is 6.83. The summed E-state index contributed by atoms with van der Waals surface area (Å²) < 4.78 is 26.8. The summed E-state index contributed by atoms with van der Waals surface area (Å²) in [4.78, 5) is 16.2. The van der Waals surface area contributed by atoms with E-state index in [1.807, 2.05) is 0 Å². The second-order valence-electron chi connectivity index (χ2n) is 5.12. The maximum Gasteiger partial charge on any atom is 0.256 e. The van der Waals surface area contributed by atoms with Crippen LogP contribution in [-0.2, 0) is 10.0 Å². The summed E-state index contributed by atoms with van der Waals surface area (Å²) in [6, 6.07) is 8.70. The van der Waals surface area contributed by atoms with Gasteiger partial charge in [-0.1, -0.05) is 17.7 Å². The van der Waals surface area contributed by atoms with Crippen LogP contribution in [0.3, 0.4) is 0 Å². The standard InChI is InChI=1S/C15H16ClN3O3S/c1-10(2)19-23(21,22)13-5-3-4-11(8-13)15(20)18-14-7-6-12(16)9-17-14/h3-10,19H,1-2H3,(H,17,18,20). The third-order valence-corrected chi connectivity index (χ3v) is 4.65. The van der Waals surface area contributed by atoms with Crippen LogP contribution in [-0.4, -0.2) is 25.4 Å². The van der Waals surface area contributed by atoms with Crippen molar-refractivity contribution in [2.75, 3.05) is 5.32 Å². The Kier molecular flexibility index (Phi) is 5.35. The Labute approximate surface area is 139 Å². The highest BCUT2D eigenvalue weighted by Gasteiger charge is 2.17. The highest BCUT2D eigenvalue weighted by atomic mass is 35.5. The van der Waals surface area contributed by atoms with Gasteiger partial charge in [0.25, 0.3) is 5.91 Å². The minimum Gasteiger partial charge on any atom is -0.307 e. The van der Waals surface area contributed by atoms with E-state index in [0.717, 1.165) is 0 Å². The van der Waals surface area contributed by atoms with Crippen LogP contribution in [0.25, 0.3) is 0 Å². The van der Waals surface area contributed by atoms with Crippen molar-refractivity contribution in [1.29, 1.82) is 0 Å².